The fraction of sp³-hybridized carbons (Fsp3) is 0.357. The van der Waals surface area contributed by atoms with Crippen LogP contribution >= 0.6 is 0 Å². The fourth-order valence-electron chi connectivity index (χ4n) is 2.01. The molecule has 17 heavy (non-hydrogen) atoms. The lowest BCUT2D eigenvalue weighted by atomic mass is 10.2. The maximum atomic E-state index is 11.7. The highest BCUT2D eigenvalue weighted by molar-refractivity contribution is 5.78. The number of fused-ring (bicyclic) bond motifs is 1. The van der Waals surface area contributed by atoms with E-state index in [1.165, 1.54) is 0 Å². The van der Waals surface area contributed by atoms with Crippen LogP contribution in [0.25, 0.3) is 10.9 Å². The van der Waals surface area contributed by atoms with E-state index in [4.69, 9.17) is 0 Å². The maximum Gasteiger partial charge on any atom is 0.189 e. The molecule has 1 unspecified atom stereocenters. The zero-order valence-electron chi connectivity index (χ0n) is 9.97. The van der Waals surface area contributed by atoms with Crippen LogP contribution in [0.5, 0.6) is 0 Å². The van der Waals surface area contributed by atoms with Gasteiger partial charge in [-0.1, -0.05) is 12.1 Å². The van der Waals surface area contributed by atoms with Gasteiger partial charge in [0.05, 0.1) is 11.6 Å². The molecular formula is C14H17NO2. The molecule has 90 valence electrons. The van der Waals surface area contributed by atoms with Crippen LogP contribution in [0.2, 0.25) is 0 Å². The summed E-state index contributed by atoms with van der Waals surface area (Å²) in [5, 5.41) is 9.99. The monoisotopic (exact) mass is 231 g/mol. The summed E-state index contributed by atoms with van der Waals surface area (Å²) in [5.41, 5.74) is 1.03. The Labute approximate surface area is 100 Å². The summed E-state index contributed by atoms with van der Waals surface area (Å²) in [6.45, 7) is 2.62. The molecule has 1 heterocycles. The smallest absolute Gasteiger partial charge is 0.189 e. The number of hydrogen-bond donors (Lipinski definition) is 1. The summed E-state index contributed by atoms with van der Waals surface area (Å²) >= 11 is 0. The van der Waals surface area contributed by atoms with Gasteiger partial charge in [-0.2, -0.15) is 0 Å². The highest BCUT2D eigenvalue weighted by atomic mass is 16.3. The molecule has 0 fully saturated rings. The topological polar surface area (TPSA) is 42.2 Å². The van der Waals surface area contributed by atoms with Gasteiger partial charge in [-0.15, -0.1) is 0 Å². The number of benzene rings is 1. The van der Waals surface area contributed by atoms with Crippen LogP contribution in [0, 0.1) is 0 Å². The highest BCUT2D eigenvalue weighted by Gasteiger charge is 2.02. The Morgan fingerprint density at radius 2 is 2.06 bits per heavy atom. The van der Waals surface area contributed by atoms with Crippen molar-refractivity contribution in [3.8, 4) is 0 Å². The third-order valence-corrected chi connectivity index (χ3v) is 2.91. The summed E-state index contributed by atoms with van der Waals surface area (Å²) in [4.78, 5) is 11.7. The molecule has 3 heteroatoms. The second-order valence-electron chi connectivity index (χ2n) is 4.38. The lowest BCUT2D eigenvalue weighted by molar-refractivity contribution is 0.179. The van der Waals surface area contributed by atoms with Crippen LogP contribution in [0.4, 0.5) is 0 Å². The van der Waals surface area contributed by atoms with Crippen LogP contribution < -0.4 is 5.43 Å². The Balaban J connectivity index is 2.29. The van der Waals surface area contributed by atoms with Crippen molar-refractivity contribution in [2.75, 3.05) is 0 Å². The quantitative estimate of drug-likeness (QED) is 0.876. The lowest BCUT2D eigenvalue weighted by Crippen LogP contribution is -2.09. The molecule has 0 radical (unpaired) electrons. The zero-order chi connectivity index (χ0) is 12.3. The minimum absolute atomic E-state index is 0.0624. The fourth-order valence-corrected chi connectivity index (χ4v) is 2.01. The molecule has 3 nitrogen and oxygen atoms in total. The van der Waals surface area contributed by atoms with Gasteiger partial charge in [-0.3, -0.25) is 4.79 Å². The third-order valence-electron chi connectivity index (χ3n) is 2.91. The molecule has 1 N–H and O–H groups in total. The predicted molar refractivity (Wildman–Crippen MR) is 69.1 cm³/mol. The molecule has 0 saturated carbocycles. The van der Waals surface area contributed by atoms with E-state index in [1.807, 2.05) is 30.5 Å². The Morgan fingerprint density at radius 3 is 2.82 bits per heavy atom. The Kier molecular flexibility index (Phi) is 3.59. The van der Waals surface area contributed by atoms with Gasteiger partial charge in [0, 0.05) is 24.2 Å². The Bertz CT molecular complexity index is 557. The second kappa shape index (κ2) is 5.15. The van der Waals surface area contributed by atoms with E-state index in [1.54, 1.807) is 13.0 Å². The average Bonchev–Trinajstić information content (AvgIpc) is 2.32. The van der Waals surface area contributed by atoms with Gasteiger partial charge in [-0.25, -0.2) is 0 Å². The van der Waals surface area contributed by atoms with Crippen LogP contribution in [0.15, 0.2) is 41.3 Å². The number of nitrogens with zero attached hydrogens (tertiary/aromatic N) is 1. The standard InChI is InChI=1S/C14H17NO2/c1-11(16)5-4-9-15-10-8-14(17)12-6-2-3-7-13(12)15/h2-3,6-8,10-11,16H,4-5,9H2,1H3. The average molecular weight is 231 g/mol. The lowest BCUT2D eigenvalue weighted by Gasteiger charge is -2.11. The van der Waals surface area contributed by atoms with E-state index >= 15 is 0 Å². The van der Waals surface area contributed by atoms with Gasteiger partial charge in [0.25, 0.3) is 0 Å². The summed E-state index contributed by atoms with van der Waals surface area (Å²) in [7, 11) is 0. The molecular weight excluding hydrogens is 214 g/mol. The summed E-state index contributed by atoms with van der Waals surface area (Å²) in [6.07, 6.45) is 3.25. The van der Waals surface area contributed by atoms with Crippen molar-refractivity contribution >= 4 is 10.9 Å². The van der Waals surface area contributed by atoms with Gasteiger partial charge < -0.3 is 9.67 Å². The zero-order valence-corrected chi connectivity index (χ0v) is 9.97. The van der Waals surface area contributed by atoms with Crippen LogP contribution in [0.3, 0.4) is 0 Å². The van der Waals surface area contributed by atoms with Crippen molar-refractivity contribution in [1.29, 1.82) is 0 Å². The minimum atomic E-state index is -0.263. The summed E-state index contributed by atoms with van der Waals surface area (Å²) < 4.78 is 2.07. The van der Waals surface area contributed by atoms with Gasteiger partial charge in [0.15, 0.2) is 5.43 Å². The summed E-state index contributed by atoms with van der Waals surface area (Å²) in [6, 6.07) is 9.23. The molecule has 1 aromatic carbocycles. The van der Waals surface area contributed by atoms with E-state index in [0.717, 1.165) is 30.3 Å². The van der Waals surface area contributed by atoms with E-state index in [0.29, 0.717) is 0 Å². The molecule has 0 saturated heterocycles. The first kappa shape index (κ1) is 11.9. The SMILES string of the molecule is CC(O)CCCn1ccc(=O)c2ccccc21. The molecule has 0 bridgehead atoms. The number of aliphatic hydroxyl groups excluding tert-OH is 1. The second-order valence-corrected chi connectivity index (χ2v) is 4.38. The van der Waals surface area contributed by atoms with Gasteiger partial charge in [0.2, 0.25) is 0 Å². The largest absolute Gasteiger partial charge is 0.393 e. The Hall–Kier alpha value is -1.61. The number of rotatable bonds is 4. The number of hydrogen-bond acceptors (Lipinski definition) is 2. The van der Waals surface area contributed by atoms with Gasteiger partial charge in [-0.05, 0) is 31.9 Å². The number of pyridine rings is 1. The van der Waals surface area contributed by atoms with Gasteiger partial charge in [0.1, 0.15) is 0 Å². The van der Waals surface area contributed by atoms with Crippen LogP contribution in [0.1, 0.15) is 19.8 Å². The molecule has 2 aromatic rings. The first-order valence-electron chi connectivity index (χ1n) is 5.95. The van der Waals surface area contributed by atoms with E-state index in [-0.39, 0.29) is 11.5 Å². The number of para-hydroxylation sites is 1. The first-order chi connectivity index (χ1) is 8.18. The minimum Gasteiger partial charge on any atom is -0.393 e. The highest BCUT2D eigenvalue weighted by Crippen LogP contribution is 2.10. The van der Waals surface area contributed by atoms with E-state index < -0.39 is 0 Å². The van der Waals surface area contributed by atoms with Gasteiger partial charge >= 0.3 is 0 Å². The van der Waals surface area contributed by atoms with E-state index in [9.17, 15) is 9.90 Å². The third kappa shape index (κ3) is 2.74. The first-order valence-corrected chi connectivity index (χ1v) is 5.95. The number of aromatic nitrogens is 1. The van der Waals surface area contributed by atoms with Crippen molar-refractivity contribution < 1.29 is 5.11 Å². The molecule has 0 aliphatic carbocycles. The van der Waals surface area contributed by atoms with Crippen LogP contribution in [-0.2, 0) is 6.54 Å². The van der Waals surface area contributed by atoms with Crippen molar-refractivity contribution in [2.45, 2.75) is 32.4 Å². The molecule has 2 rings (SSSR count). The maximum absolute atomic E-state index is 11.7. The van der Waals surface area contributed by atoms with Crippen molar-refractivity contribution in [1.82, 2.24) is 4.57 Å². The Morgan fingerprint density at radius 1 is 1.29 bits per heavy atom. The molecule has 0 spiro atoms. The van der Waals surface area contributed by atoms with Crippen molar-refractivity contribution in [3.63, 3.8) is 0 Å². The number of aryl methyl sites for hydroxylation is 1. The summed E-state index contributed by atoms with van der Waals surface area (Å²) in [5.74, 6) is 0. The van der Waals surface area contributed by atoms with E-state index in [2.05, 4.69) is 4.57 Å². The number of aliphatic hydroxyl groups is 1. The normalized spacial score (nSPS) is 12.8. The molecule has 0 aliphatic heterocycles. The molecule has 1 atom stereocenters. The molecule has 1 aromatic heterocycles. The van der Waals surface area contributed by atoms with Crippen molar-refractivity contribution in [3.05, 3.63) is 46.8 Å². The predicted octanol–water partition coefficient (Wildman–Crippen LogP) is 2.16. The molecule has 0 aliphatic rings. The molecule has 0 amide bonds. The van der Waals surface area contributed by atoms with Crippen LogP contribution in [-0.4, -0.2) is 15.8 Å². The van der Waals surface area contributed by atoms with Crippen molar-refractivity contribution in [2.24, 2.45) is 0 Å².